The summed E-state index contributed by atoms with van der Waals surface area (Å²) < 4.78 is 0. The Kier molecular flexibility index (Phi) is 4.35. The van der Waals surface area contributed by atoms with E-state index in [4.69, 9.17) is 5.73 Å². The summed E-state index contributed by atoms with van der Waals surface area (Å²) in [7, 11) is 0. The summed E-state index contributed by atoms with van der Waals surface area (Å²) in [5, 5.41) is 9.48. The van der Waals surface area contributed by atoms with Gasteiger partial charge in [-0.25, -0.2) is 0 Å². The van der Waals surface area contributed by atoms with Crippen molar-refractivity contribution >= 4 is 5.91 Å². The Labute approximate surface area is 85.1 Å². The number of nitrogens with two attached hydrogens (primary N) is 1. The molecule has 14 heavy (non-hydrogen) atoms. The Morgan fingerprint density at radius 2 is 2.43 bits per heavy atom. The lowest BCUT2D eigenvalue weighted by Crippen LogP contribution is -2.43. The smallest absolute Gasteiger partial charge is 0.221 e. The summed E-state index contributed by atoms with van der Waals surface area (Å²) in [5.74, 6) is -0.228. The van der Waals surface area contributed by atoms with Crippen LogP contribution in [0.5, 0.6) is 0 Å². The molecule has 1 rings (SSSR count). The number of rotatable bonds is 4. The van der Waals surface area contributed by atoms with Crippen molar-refractivity contribution in [3.05, 3.63) is 0 Å². The lowest BCUT2D eigenvalue weighted by atomic mass is 9.97. The van der Waals surface area contributed by atoms with Crippen molar-refractivity contribution in [2.75, 3.05) is 19.6 Å². The Morgan fingerprint density at radius 3 is 3.00 bits per heavy atom. The molecule has 3 N–H and O–H groups in total. The molecule has 1 fully saturated rings. The van der Waals surface area contributed by atoms with E-state index in [0.29, 0.717) is 13.1 Å². The average Bonchev–Trinajstić information content (AvgIpc) is 2.18. The molecule has 4 heteroatoms. The maximum absolute atomic E-state index is 11.0. The first-order valence-corrected chi connectivity index (χ1v) is 5.33. The number of β-amino-alcohol motifs (C(OH)–C–C–N with tert-alkyl or cyclic N) is 1. The topological polar surface area (TPSA) is 66.6 Å². The Balaban J connectivity index is 2.36. The third kappa shape index (κ3) is 3.27. The van der Waals surface area contributed by atoms with Crippen molar-refractivity contribution in [1.29, 1.82) is 0 Å². The van der Waals surface area contributed by atoms with Crippen molar-refractivity contribution in [2.24, 2.45) is 11.7 Å². The molecule has 2 atom stereocenters. The van der Waals surface area contributed by atoms with Crippen LogP contribution in [-0.4, -0.2) is 41.7 Å². The number of likely N-dealkylation sites (tertiary alicyclic amines) is 1. The Bertz CT molecular complexity index is 197. The minimum absolute atomic E-state index is 0.0205. The van der Waals surface area contributed by atoms with Crippen LogP contribution in [0.15, 0.2) is 0 Å². The number of aliphatic hydroxyl groups excluding tert-OH is 1. The van der Waals surface area contributed by atoms with Crippen LogP contribution in [0.2, 0.25) is 0 Å². The van der Waals surface area contributed by atoms with Crippen LogP contribution in [0, 0.1) is 5.92 Å². The molecule has 0 bridgehead atoms. The van der Waals surface area contributed by atoms with Crippen LogP contribution < -0.4 is 5.73 Å². The van der Waals surface area contributed by atoms with Crippen molar-refractivity contribution in [1.82, 2.24) is 4.90 Å². The minimum Gasteiger partial charge on any atom is -0.392 e. The van der Waals surface area contributed by atoms with E-state index >= 15 is 0 Å². The highest BCUT2D eigenvalue weighted by atomic mass is 16.3. The van der Waals surface area contributed by atoms with Gasteiger partial charge in [0.15, 0.2) is 0 Å². The molecule has 0 aromatic heterocycles. The fourth-order valence-corrected chi connectivity index (χ4v) is 1.88. The normalized spacial score (nSPS) is 26.0. The van der Waals surface area contributed by atoms with Gasteiger partial charge in [-0.15, -0.1) is 0 Å². The highest BCUT2D eigenvalue weighted by molar-refractivity contribution is 5.76. The van der Waals surface area contributed by atoms with Gasteiger partial charge in [-0.1, -0.05) is 6.92 Å². The van der Waals surface area contributed by atoms with E-state index in [1.54, 1.807) is 0 Å². The molecule has 1 amide bonds. The lowest BCUT2D eigenvalue weighted by Gasteiger charge is -2.32. The summed E-state index contributed by atoms with van der Waals surface area (Å²) in [6.07, 6.45) is 2.39. The maximum Gasteiger partial charge on any atom is 0.221 e. The summed E-state index contributed by atoms with van der Waals surface area (Å²) in [6.45, 7) is 4.31. The largest absolute Gasteiger partial charge is 0.392 e. The predicted molar refractivity (Wildman–Crippen MR) is 54.7 cm³/mol. The fourth-order valence-electron chi connectivity index (χ4n) is 1.88. The average molecular weight is 200 g/mol. The van der Waals surface area contributed by atoms with E-state index < -0.39 is 0 Å². The summed E-state index contributed by atoms with van der Waals surface area (Å²) in [4.78, 5) is 13.1. The second-order valence-corrected chi connectivity index (χ2v) is 4.06. The number of nitrogens with zero attached hydrogens (tertiary/aromatic N) is 1. The van der Waals surface area contributed by atoms with E-state index in [1.807, 2.05) is 6.92 Å². The number of hydrogen-bond donors (Lipinski definition) is 2. The molecule has 0 saturated carbocycles. The van der Waals surface area contributed by atoms with Crippen molar-refractivity contribution in [3.8, 4) is 0 Å². The van der Waals surface area contributed by atoms with Gasteiger partial charge in [-0.2, -0.15) is 0 Å². The zero-order chi connectivity index (χ0) is 10.6. The molecule has 0 aromatic rings. The Morgan fingerprint density at radius 1 is 1.71 bits per heavy atom. The zero-order valence-electron chi connectivity index (χ0n) is 8.78. The van der Waals surface area contributed by atoms with Gasteiger partial charge in [0.1, 0.15) is 0 Å². The third-order valence-corrected chi connectivity index (χ3v) is 2.85. The number of hydrogen-bond acceptors (Lipinski definition) is 3. The highest BCUT2D eigenvalue weighted by Gasteiger charge is 2.24. The molecule has 0 radical (unpaired) electrons. The number of primary amides is 1. The summed E-state index contributed by atoms with van der Waals surface area (Å²) in [6, 6.07) is 0. The van der Waals surface area contributed by atoms with E-state index in [-0.39, 0.29) is 17.9 Å². The molecule has 0 spiro atoms. The van der Waals surface area contributed by atoms with Crippen molar-refractivity contribution < 1.29 is 9.90 Å². The molecular weight excluding hydrogens is 180 g/mol. The molecule has 1 aliphatic heterocycles. The second kappa shape index (κ2) is 5.32. The first kappa shape index (κ1) is 11.5. The summed E-state index contributed by atoms with van der Waals surface area (Å²) >= 11 is 0. The van der Waals surface area contributed by atoms with Crippen LogP contribution >= 0.6 is 0 Å². The fraction of sp³-hybridized carbons (Fsp3) is 0.900. The van der Waals surface area contributed by atoms with Gasteiger partial charge < -0.3 is 10.8 Å². The van der Waals surface area contributed by atoms with Gasteiger partial charge in [-0.3, -0.25) is 9.69 Å². The monoisotopic (exact) mass is 200 g/mol. The van der Waals surface area contributed by atoms with E-state index in [2.05, 4.69) is 4.90 Å². The van der Waals surface area contributed by atoms with Gasteiger partial charge in [0, 0.05) is 13.1 Å². The molecule has 0 aliphatic carbocycles. The lowest BCUT2D eigenvalue weighted by molar-refractivity contribution is -0.123. The minimum atomic E-state index is -0.276. The van der Waals surface area contributed by atoms with Gasteiger partial charge >= 0.3 is 0 Å². The van der Waals surface area contributed by atoms with Crippen molar-refractivity contribution in [3.63, 3.8) is 0 Å². The van der Waals surface area contributed by atoms with Crippen LogP contribution in [0.25, 0.3) is 0 Å². The maximum atomic E-state index is 11.0. The van der Waals surface area contributed by atoms with E-state index in [1.165, 1.54) is 0 Å². The van der Waals surface area contributed by atoms with E-state index in [0.717, 1.165) is 25.8 Å². The van der Waals surface area contributed by atoms with E-state index in [9.17, 15) is 9.90 Å². The predicted octanol–water partition coefficient (Wildman–Crippen LogP) is -0.0454. The second-order valence-electron chi connectivity index (χ2n) is 4.06. The van der Waals surface area contributed by atoms with Gasteiger partial charge in [0.05, 0.1) is 12.0 Å². The van der Waals surface area contributed by atoms with Gasteiger partial charge in [0.2, 0.25) is 5.91 Å². The zero-order valence-corrected chi connectivity index (χ0v) is 8.78. The number of carbonyl (C=O) groups excluding carboxylic acids is 1. The Hall–Kier alpha value is -0.610. The molecule has 4 nitrogen and oxygen atoms in total. The van der Waals surface area contributed by atoms with Gasteiger partial charge in [0.25, 0.3) is 0 Å². The number of aliphatic hydroxyl groups is 1. The highest BCUT2D eigenvalue weighted by Crippen LogP contribution is 2.16. The standard InChI is InChI=1S/C10H20N2O2/c1-2-9(13)7-12-5-3-4-8(6-12)10(11)14/h8-9,13H,2-7H2,1H3,(H2,11,14). The van der Waals surface area contributed by atoms with Crippen LogP contribution in [0.4, 0.5) is 0 Å². The van der Waals surface area contributed by atoms with Crippen LogP contribution in [0.3, 0.4) is 0 Å². The molecule has 1 aliphatic rings. The van der Waals surface area contributed by atoms with Crippen molar-refractivity contribution in [2.45, 2.75) is 32.3 Å². The molecule has 82 valence electrons. The summed E-state index contributed by atoms with van der Waals surface area (Å²) in [5.41, 5.74) is 5.26. The number of carbonyl (C=O) groups is 1. The number of amides is 1. The number of piperidine rings is 1. The van der Waals surface area contributed by atoms with Gasteiger partial charge in [-0.05, 0) is 25.8 Å². The first-order valence-electron chi connectivity index (χ1n) is 5.33. The first-order chi connectivity index (χ1) is 6.63. The van der Waals surface area contributed by atoms with Crippen LogP contribution in [-0.2, 0) is 4.79 Å². The molecule has 1 heterocycles. The third-order valence-electron chi connectivity index (χ3n) is 2.85. The quantitative estimate of drug-likeness (QED) is 0.669. The molecular formula is C10H20N2O2. The molecule has 1 saturated heterocycles. The molecule has 2 unspecified atom stereocenters. The van der Waals surface area contributed by atoms with Crippen LogP contribution in [0.1, 0.15) is 26.2 Å². The SMILES string of the molecule is CCC(O)CN1CCCC(C(N)=O)C1. The molecule has 0 aromatic carbocycles.